The van der Waals surface area contributed by atoms with E-state index in [1.165, 1.54) is 103 Å². The van der Waals surface area contributed by atoms with Gasteiger partial charge in [-0.3, -0.25) is 8.57 Å². The third-order valence-corrected chi connectivity index (χ3v) is 8.10. The van der Waals surface area contributed by atoms with E-state index in [-0.39, 0.29) is 12.4 Å². The van der Waals surface area contributed by atoms with Gasteiger partial charge in [0.25, 0.3) is 10.1 Å². The highest BCUT2D eigenvalue weighted by atomic mass is 32.2. The summed E-state index contributed by atoms with van der Waals surface area (Å²) in [6.45, 7) is 2.42. The zero-order chi connectivity index (χ0) is 25.0. The Morgan fingerprint density at radius 2 is 0.794 bits per heavy atom. The van der Waals surface area contributed by atoms with E-state index in [0.29, 0.717) is 19.4 Å². The van der Waals surface area contributed by atoms with Crippen LogP contribution >= 0.6 is 0 Å². The molecule has 0 aliphatic carbocycles. The summed E-state index contributed by atoms with van der Waals surface area (Å²) in [5, 5.41) is 0. The lowest BCUT2D eigenvalue weighted by Gasteiger charge is -2.06. The van der Waals surface area contributed by atoms with Crippen molar-refractivity contribution in [1.29, 1.82) is 0 Å². The van der Waals surface area contributed by atoms with Gasteiger partial charge in [-0.15, -0.1) is 0 Å². The summed E-state index contributed by atoms with van der Waals surface area (Å²) in [5.74, 6) is 0.155. The minimum atomic E-state index is -3.35. The molecule has 5 heteroatoms. The van der Waals surface area contributed by atoms with Crippen LogP contribution in [0.25, 0.3) is 0 Å². The molecule has 0 aromatic rings. The van der Waals surface area contributed by atoms with Gasteiger partial charge in [0.15, 0.2) is 0 Å². The average Bonchev–Trinajstić information content (AvgIpc) is 2.82. The molecule has 0 aliphatic rings. The van der Waals surface area contributed by atoms with E-state index in [0.717, 1.165) is 44.9 Å². The van der Waals surface area contributed by atoms with Crippen LogP contribution in [0.5, 0.6) is 0 Å². The van der Waals surface area contributed by atoms with Gasteiger partial charge in [0.1, 0.15) is 0 Å². The van der Waals surface area contributed by atoms with Crippen molar-refractivity contribution in [3.63, 3.8) is 0 Å². The molecule has 206 valence electrons. The molecule has 3 nitrogen and oxygen atoms in total. The second-order valence-electron chi connectivity index (χ2n) is 10.3. The maximum absolute atomic E-state index is 12.0. The van der Waals surface area contributed by atoms with E-state index in [4.69, 9.17) is 4.18 Å². The van der Waals surface area contributed by atoms with Crippen molar-refractivity contribution < 1.29 is 17.0 Å². The van der Waals surface area contributed by atoms with Gasteiger partial charge >= 0.3 is 0 Å². The lowest BCUT2D eigenvalue weighted by Crippen LogP contribution is -2.11. The van der Waals surface area contributed by atoms with Crippen molar-refractivity contribution in [2.24, 2.45) is 0 Å². The monoisotopic (exact) mass is 506 g/mol. The lowest BCUT2D eigenvalue weighted by atomic mass is 10.0. The Hall–Kier alpha value is -0.160. The van der Waals surface area contributed by atoms with Crippen molar-refractivity contribution >= 4 is 10.1 Å². The van der Waals surface area contributed by atoms with Crippen LogP contribution < -0.4 is 0 Å². The van der Waals surface area contributed by atoms with Gasteiger partial charge in [0, 0.05) is 0 Å². The van der Waals surface area contributed by atoms with Crippen LogP contribution in [0.4, 0.5) is 4.39 Å². The number of alkyl halides is 1. The van der Waals surface area contributed by atoms with E-state index in [1.54, 1.807) is 0 Å². The zero-order valence-corrected chi connectivity index (χ0v) is 23.6. The quantitative estimate of drug-likeness (QED) is 0.0748. The van der Waals surface area contributed by atoms with E-state index >= 15 is 0 Å². The van der Waals surface area contributed by atoms with Gasteiger partial charge in [-0.2, -0.15) is 8.42 Å². The van der Waals surface area contributed by atoms with Crippen LogP contribution in [-0.4, -0.2) is 27.5 Å². The number of unbranched alkanes of at least 4 members (excludes halogenated alkanes) is 23. The first-order chi connectivity index (χ1) is 16.6. The maximum atomic E-state index is 12.0. The summed E-state index contributed by atoms with van der Waals surface area (Å²) in [6.07, 6.45) is 30.1. The standard InChI is InChI=1S/C29H59FO3S/c1-2-3-4-5-6-7-8-9-10-11-12-13-16-19-22-25-28-33-34(31,32)29-26-23-20-17-14-15-18-21-24-27-30/h2-29H2,1H3. The molecule has 0 rings (SSSR count). The van der Waals surface area contributed by atoms with Crippen molar-refractivity contribution in [3.05, 3.63) is 0 Å². The molecule has 0 radical (unpaired) electrons. The zero-order valence-electron chi connectivity index (χ0n) is 22.8. The molecular formula is C29H59FO3S. The van der Waals surface area contributed by atoms with E-state index in [1.807, 2.05) is 0 Å². The fourth-order valence-corrected chi connectivity index (χ4v) is 5.55. The van der Waals surface area contributed by atoms with E-state index in [9.17, 15) is 12.8 Å². The largest absolute Gasteiger partial charge is 0.270 e. The van der Waals surface area contributed by atoms with E-state index in [2.05, 4.69) is 6.92 Å². The first-order valence-electron chi connectivity index (χ1n) is 15.1. The van der Waals surface area contributed by atoms with Crippen LogP contribution in [0.1, 0.15) is 167 Å². The van der Waals surface area contributed by atoms with Crippen molar-refractivity contribution in [3.8, 4) is 0 Å². The van der Waals surface area contributed by atoms with Crippen LogP contribution in [0, 0.1) is 0 Å². The molecule has 0 amide bonds. The second kappa shape index (κ2) is 27.4. The number of hydrogen-bond donors (Lipinski definition) is 0. The smallest absolute Gasteiger partial charge is 0.267 e. The Kier molecular flexibility index (Phi) is 27.3. The van der Waals surface area contributed by atoms with Gasteiger partial charge in [0.2, 0.25) is 0 Å². The normalized spacial score (nSPS) is 11.9. The highest BCUT2D eigenvalue weighted by Crippen LogP contribution is 2.14. The predicted molar refractivity (Wildman–Crippen MR) is 147 cm³/mol. The second-order valence-corrected chi connectivity index (χ2v) is 12.0. The van der Waals surface area contributed by atoms with Gasteiger partial charge in [-0.25, -0.2) is 0 Å². The summed E-state index contributed by atoms with van der Waals surface area (Å²) < 4.78 is 41.1. The average molecular weight is 507 g/mol. The lowest BCUT2D eigenvalue weighted by molar-refractivity contribution is 0.305. The molecule has 0 aliphatic heterocycles. The summed E-state index contributed by atoms with van der Waals surface area (Å²) in [7, 11) is -3.35. The number of rotatable bonds is 29. The molecule has 0 fully saturated rings. The summed E-state index contributed by atoms with van der Waals surface area (Å²) in [4.78, 5) is 0. The third kappa shape index (κ3) is 28.1. The summed E-state index contributed by atoms with van der Waals surface area (Å²) in [6, 6.07) is 0. The fraction of sp³-hybridized carbons (Fsp3) is 1.00. The molecule has 0 bridgehead atoms. The summed E-state index contributed by atoms with van der Waals surface area (Å²) >= 11 is 0. The van der Waals surface area contributed by atoms with E-state index < -0.39 is 10.1 Å². The van der Waals surface area contributed by atoms with Gasteiger partial charge in [-0.1, -0.05) is 148 Å². The fourth-order valence-electron chi connectivity index (χ4n) is 4.51. The molecule has 0 spiro atoms. The number of halogens is 1. The Morgan fingerprint density at radius 3 is 1.18 bits per heavy atom. The Morgan fingerprint density at radius 1 is 0.471 bits per heavy atom. The predicted octanol–water partition coefficient (Wildman–Crippen LogP) is 10.1. The first kappa shape index (κ1) is 33.8. The molecule has 34 heavy (non-hydrogen) atoms. The number of hydrogen-bond acceptors (Lipinski definition) is 3. The molecule has 0 saturated carbocycles. The molecule has 0 unspecified atom stereocenters. The molecular weight excluding hydrogens is 447 g/mol. The minimum Gasteiger partial charge on any atom is -0.270 e. The molecule has 0 aromatic carbocycles. The molecule has 0 aromatic heterocycles. The molecule has 0 N–H and O–H groups in total. The van der Waals surface area contributed by atoms with Crippen molar-refractivity contribution in [2.45, 2.75) is 167 Å². The highest BCUT2D eigenvalue weighted by molar-refractivity contribution is 7.86. The van der Waals surface area contributed by atoms with Gasteiger partial charge < -0.3 is 0 Å². The van der Waals surface area contributed by atoms with Crippen LogP contribution in [-0.2, 0) is 14.3 Å². The van der Waals surface area contributed by atoms with Gasteiger partial charge in [0.05, 0.1) is 19.0 Å². The van der Waals surface area contributed by atoms with Crippen molar-refractivity contribution in [2.75, 3.05) is 19.0 Å². The first-order valence-corrected chi connectivity index (χ1v) is 16.6. The molecule has 0 heterocycles. The Labute approximate surface area is 213 Å². The SMILES string of the molecule is CCCCCCCCCCCCCCCCCCOS(=O)(=O)CCCCCCCCCCCF. The third-order valence-electron chi connectivity index (χ3n) is 6.79. The Bertz CT molecular complexity index is 482. The van der Waals surface area contributed by atoms with Crippen LogP contribution in [0.15, 0.2) is 0 Å². The molecule has 0 saturated heterocycles. The maximum Gasteiger partial charge on any atom is 0.267 e. The minimum absolute atomic E-state index is 0.155. The van der Waals surface area contributed by atoms with Crippen LogP contribution in [0.3, 0.4) is 0 Å². The van der Waals surface area contributed by atoms with Gasteiger partial charge in [-0.05, 0) is 19.3 Å². The molecule has 0 atom stereocenters. The summed E-state index contributed by atoms with van der Waals surface area (Å²) in [5.41, 5.74) is 0. The van der Waals surface area contributed by atoms with Crippen molar-refractivity contribution in [1.82, 2.24) is 0 Å². The highest BCUT2D eigenvalue weighted by Gasteiger charge is 2.10. The topological polar surface area (TPSA) is 43.4 Å². The van der Waals surface area contributed by atoms with Crippen LogP contribution in [0.2, 0.25) is 0 Å². The Balaban J connectivity index is 3.27.